The van der Waals surface area contributed by atoms with Gasteiger partial charge in [-0.3, -0.25) is 4.55 Å². The summed E-state index contributed by atoms with van der Waals surface area (Å²) in [5.74, 6) is -1.71. The molecule has 0 radical (unpaired) electrons. The van der Waals surface area contributed by atoms with Crippen molar-refractivity contribution in [3.8, 4) is 0 Å². The molecule has 142 valence electrons. The van der Waals surface area contributed by atoms with E-state index < -0.39 is 22.1 Å². The van der Waals surface area contributed by atoms with E-state index in [0.29, 0.717) is 18.9 Å². The second-order valence-electron chi connectivity index (χ2n) is 5.44. The Kier molecular flexibility index (Phi) is 6.16. The number of aromatic nitrogens is 1. The van der Waals surface area contributed by atoms with Crippen LogP contribution in [0.25, 0.3) is 0 Å². The molecule has 11 heteroatoms. The number of methoxy groups -OCH3 is 2. The average Bonchev–Trinajstić information content (AvgIpc) is 3.07. The number of anilines is 1. The van der Waals surface area contributed by atoms with Crippen LogP contribution >= 0.6 is 0 Å². The lowest BCUT2D eigenvalue weighted by molar-refractivity contribution is 0.0586. The summed E-state index contributed by atoms with van der Waals surface area (Å²) in [5.41, 5.74) is 0.446. The molecule has 0 unspecified atom stereocenters. The lowest BCUT2D eigenvalue weighted by atomic mass is 10.2. The predicted molar refractivity (Wildman–Crippen MR) is 91.1 cm³/mol. The van der Waals surface area contributed by atoms with Crippen molar-refractivity contribution in [2.24, 2.45) is 0 Å². The number of carbonyl (C=O) groups is 2. The highest BCUT2D eigenvalue weighted by atomic mass is 32.2. The summed E-state index contributed by atoms with van der Waals surface area (Å²) in [5, 5.41) is 0. The van der Waals surface area contributed by atoms with E-state index in [2.05, 4.69) is 14.5 Å². The Balaban J connectivity index is 2.14. The molecule has 0 aliphatic carbocycles. The molecule has 26 heavy (non-hydrogen) atoms. The molecule has 10 nitrogen and oxygen atoms in total. The van der Waals surface area contributed by atoms with Gasteiger partial charge in [-0.05, 0) is 18.6 Å². The molecule has 2 heterocycles. The van der Waals surface area contributed by atoms with E-state index in [1.807, 2.05) is 4.90 Å². The summed E-state index contributed by atoms with van der Waals surface area (Å²) in [6.45, 7) is 0.780. The Morgan fingerprint density at radius 1 is 1.15 bits per heavy atom. The number of hydrogen-bond acceptors (Lipinski definition) is 9. The van der Waals surface area contributed by atoms with E-state index in [9.17, 15) is 18.0 Å². The molecule has 1 aromatic rings. The first-order chi connectivity index (χ1) is 12.2. The van der Waals surface area contributed by atoms with E-state index in [1.54, 1.807) is 17.3 Å². The first-order valence-electron chi connectivity index (χ1n) is 7.56. The van der Waals surface area contributed by atoms with Crippen LogP contribution in [0.5, 0.6) is 0 Å². The maximum absolute atomic E-state index is 11.8. The highest BCUT2D eigenvalue weighted by Gasteiger charge is 2.20. The lowest BCUT2D eigenvalue weighted by Gasteiger charge is -2.21. The Labute approximate surface area is 150 Å². The monoisotopic (exact) mass is 385 g/mol. The standard InChI is InChI=1S/C15H19N3O7S/c1-24-14(19)12-8-11(9-13(16-12)15(20)25-2)18-6-5-17(10-18)4-3-7-26(21,22)23/h5-6,8-9H,3-4,7,10H2,1-2H3,(H,21,22,23). The first kappa shape index (κ1) is 19.7. The van der Waals surface area contributed by atoms with E-state index in [1.165, 1.54) is 26.4 Å². The Morgan fingerprint density at radius 3 is 2.23 bits per heavy atom. The van der Waals surface area contributed by atoms with E-state index >= 15 is 0 Å². The number of esters is 2. The van der Waals surface area contributed by atoms with Crippen LogP contribution < -0.4 is 4.90 Å². The smallest absolute Gasteiger partial charge is 0.356 e. The van der Waals surface area contributed by atoms with Crippen molar-refractivity contribution in [3.63, 3.8) is 0 Å². The molecule has 1 aliphatic heterocycles. The molecular weight excluding hydrogens is 366 g/mol. The van der Waals surface area contributed by atoms with Gasteiger partial charge in [-0.25, -0.2) is 14.6 Å². The van der Waals surface area contributed by atoms with Gasteiger partial charge < -0.3 is 19.3 Å². The quantitative estimate of drug-likeness (QED) is 0.523. The lowest BCUT2D eigenvalue weighted by Crippen LogP contribution is -2.27. The third kappa shape index (κ3) is 5.17. The molecule has 0 aromatic carbocycles. The minimum atomic E-state index is -3.99. The number of ether oxygens (including phenoxy) is 2. The van der Waals surface area contributed by atoms with Crippen molar-refractivity contribution >= 4 is 27.7 Å². The van der Waals surface area contributed by atoms with Crippen molar-refractivity contribution in [1.82, 2.24) is 9.88 Å². The Hall–Kier alpha value is -2.66. The number of rotatable bonds is 7. The second kappa shape index (κ2) is 8.15. The Morgan fingerprint density at radius 2 is 1.73 bits per heavy atom. The summed E-state index contributed by atoms with van der Waals surface area (Å²) in [6.07, 6.45) is 3.71. The maximum atomic E-state index is 11.8. The van der Waals surface area contributed by atoms with Gasteiger partial charge in [0.1, 0.15) is 0 Å². The number of nitrogens with zero attached hydrogens (tertiary/aromatic N) is 3. The van der Waals surface area contributed by atoms with Crippen LogP contribution in [0.3, 0.4) is 0 Å². The molecule has 0 bridgehead atoms. The molecule has 0 saturated carbocycles. The second-order valence-corrected chi connectivity index (χ2v) is 7.01. The van der Waals surface area contributed by atoms with Gasteiger partial charge in [-0.15, -0.1) is 0 Å². The summed E-state index contributed by atoms with van der Waals surface area (Å²) in [6, 6.07) is 2.95. The summed E-state index contributed by atoms with van der Waals surface area (Å²) < 4.78 is 39.6. The highest BCUT2D eigenvalue weighted by Crippen LogP contribution is 2.22. The van der Waals surface area contributed by atoms with Crippen LogP contribution in [0.15, 0.2) is 24.5 Å². The fourth-order valence-corrected chi connectivity index (χ4v) is 2.82. The predicted octanol–water partition coefficient (Wildman–Crippen LogP) is 0.483. The van der Waals surface area contributed by atoms with Gasteiger partial charge in [0.25, 0.3) is 10.1 Å². The van der Waals surface area contributed by atoms with Gasteiger partial charge in [0.05, 0.1) is 26.6 Å². The minimum absolute atomic E-state index is 0.0383. The highest BCUT2D eigenvalue weighted by molar-refractivity contribution is 7.85. The fraction of sp³-hybridized carbons (Fsp3) is 0.400. The Bertz CT molecular complexity index is 788. The van der Waals surface area contributed by atoms with E-state index in [0.717, 1.165) is 0 Å². The first-order valence-corrected chi connectivity index (χ1v) is 9.17. The number of pyridine rings is 1. The van der Waals surface area contributed by atoms with Gasteiger partial charge in [0, 0.05) is 24.6 Å². The molecular formula is C15H19N3O7S. The van der Waals surface area contributed by atoms with Crippen molar-refractivity contribution in [1.29, 1.82) is 0 Å². The molecule has 0 spiro atoms. The summed E-state index contributed by atoms with van der Waals surface area (Å²) in [7, 11) is -1.57. The van der Waals surface area contributed by atoms with Crippen LogP contribution in [0.1, 0.15) is 27.4 Å². The van der Waals surface area contributed by atoms with Crippen LogP contribution in [-0.2, 0) is 19.6 Å². The molecule has 0 amide bonds. The van der Waals surface area contributed by atoms with Gasteiger partial charge in [-0.2, -0.15) is 8.42 Å². The third-order valence-corrected chi connectivity index (χ3v) is 4.37. The van der Waals surface area contributed by atoms with Gasteiger partial charge >= 0.3 is 11.9 Å². The van der Waals surface area contributed by atoms with Crippen LogP contribution in [0.4, 0.5) is 5.69 Å². The van der Waals surface area contributed by atoms with E-state index in [4.69, 9.17) is 4.55 Å². The van der Waals surface area contributed by atoms with Crippen LogP contribution in [-0.4, -0.2) is 68.0 Å². The number of carbonyl (C=O) groups excluding carboxylic acids is 2. The van der Waals surface area contributed by atoms with Gasteiger partial charge in [0.2, 0.25) is 0 Å². The fourth-order valence-electron chi connectivity index (χ4n) is 2.33. The van der Waals surface area contributed by atoms with Gasteiger partial charge in [0.15, 0.2) is 11.4 Å². The molecule has 1 aliphatic rings. The zero-order valence-electron chi connectivity index (χ0n) is 14.3. The average molecular weight is 385 g/mol. The van der Waals surface area contributed by atoms with Gasteiger partial charge in [-0.1, -0.05) is 0 Å². The molecule has 1 N–H and O–H groups in total. The normalized spacial score (nSPS) is 13.8. The largest absolute Gasteiger partial charge is 0.464 e. The van der Waals surface area contributed by atoms with Crippen molar-refractivity contribution in [3.05, 3.63) is 35.9 Å². The SMILES string of the molecule is COC(=O)c1cc(N2C=CN(CCCS(=O)(=O)O)C2)cc(C(=O)OC)n1. The zero-order chi connectivity index (χ0) is 19.3. The molecule has 0 atom stereocenters. The summed E-state index contributed by atoms with van der Waals surface area (Å²) >= 11 is 0. The molecule has 2 rings (SSSR count). The van der Waals surface area contributed by atoms with Crippen molar-refractivity contribution in [2.75, 3.05) is 38.1 Å². The minimum Gasteiger partial charge on any atom is -0.464 e. The van der Waals surface area contributed by atoms with Crippen molar-refractivity contribution in [2.45, 2.75) is 6.42 Å². The topological polar surface area (TPSA) is 126 Å². The van der Waals surface area contributed by atoms with Crippen LogP contribution in [0, 0.1) is 0 Å². The van der Waals surface area contributed by atoms with Crippen LogP contribution in [0.2, 0.25) is 0 Å². The molecule has 1 aromatic heterocycles. The summed E-state index contributed by atoms with van der Waals surface area (Å²) in [4.78, 5) is 31.1. The van der Waals surface area contributed by atoms with E-state index in [-0.39, 0.29) is 23.6 Å². The third-order valence-electron chi connectivity index (χ3n) is 3.57. The zero-order valence-corrected chi connectivity index (χ0v) is 15.1. The molecule has 0 fully saturated rings. The molecule has 0 saturated heterocycles. The van der Waals surface area contributed by atoms with Crippen molar-refractivity contribution < 1.29 is 32.0 Å². The maximum Gasteiger partial charge on any atom is 0.356 e. The number of hydrogen-bond donors (Lipinski definition) is 1.